The van der Waals surface area contributed by atoms with E-state index < -0.39 is 0 Å². The number of hydrogen-bond donors (Lipinski definition) is 3. The number of nitrogens with two attached hydrogens (primary N) is 1. The molecule has 4 N–H and O–H groups in total. The first kappa shape index (κ1) is 13.4. The number of thioether (sulfide) groups is 2. The summed E-state index contributed by atoms with van der Waals surface area (Å²) in [6, 6.07) is 4.55. The molecule has 1 aliphatic rings. The van der Waals surface area contributed by atoms with Gasteiger partial charge in [-0.25, -0.2) is 0 Å². The molecule has 1 heterocycles. The van der Waals surface area contributed by atoms with Gasteiger partial charge < -0.3 is 16.2 Å². The fourth-order valence-corrected chi connectivity index (χ4v) is 4.26. The molecule has 98 valence electrons. The van der Waals surface area contributed by atoms with E-state index in [9.17, 15) is 9.90 Å². The number of nitrogen functional groups attached to an aromatic ring is 1. The van der Waals surface area contributed by atoms with Gasteiger partial charge in [-0.15, -0.1) is 0 Å². The summed E-state index contributed by atoms with van der Waals surface area (Å²) in [4.78, 5) is 11.9. The molecule has 0 aromatic heterocycles. The maximum Gasteiger partial charge on any atom is 0.251 e. The first-order valence-electron chi connectivity index (χ1n) is 5.73. The summed E-state index contributed by atoms with van der Waals surface area (Å²) in [5.74, 6) is 3.21. The lowest BCUT2D eigenvalue weighted by Crippen LogP contribution is -2.33. The Labute approximate surface area is 115 Å². The van der Waals surface area contributed by atoms with Crippen LogP contribution in [0.5, 0.6) is 5.75 Å². The predicted molar refractivity (Wildman–Crippen MR) is 78.4 cm³/mol. The number of aromatic hydroxyl groups is 1. The molecule has 0 saturated carbocycles. The number of carbonyl (C=O) groups excluding carboxylic acids is 1. The van der Waals surface area contributed by atoms with E-state index in [-0.39, 0.29) is 17.3 Å². The second kappa shape index (κ2) is 6.24. The molecule has 0 radical (unpaired) electrons. The molecular weight excluding hydrogens is 268 g/mol. The topological polar surface area (TPSA) is 75.4 Å². The monoisotopic (exact) mass is 284 g/mol. The highest BCUT2D eigenvalue weighted by Gasteiger charge is 2.16. The third-order valence-corrected chi connectivity index (χ3v) is 5.51. The minimum Gasteiger partial charge on any atom is -0.506 e. The lowest BCUT2D eigenvalue weighted by Gasteiger charge is -2.21. The van der Waals surface area contributed by atoms with Gasteiger partial charge in [0.2, 0.25) is 0 Å². The van der Waals surface area contributed by atoms with Crippen molar-refractivity contribution < 1.29 is 9.90 Å². The molecule has 1 fully saturated rings. The Hall–Kier alpha value is -1.01. The number of rotatable bonds is 3. The Kier molecular flexibility index (Phi) is 4.66. The van der Waals surface area contributed by atoms with E-state index in [1.165, 1.54) is 17.9 Å². The van der Waals surface area contributed by atoms with Crippen molar-refractivity contribution in [3.05, 3.63) is 23.8 Å². The number of phenols is 1. The minimum absolute atomic E-state index is 0.0507. The third kappa shape index (κ3) is 3.49. The van der Waals surface area contributed by atoms with Gasteiger partial charge in [-0.2, -0.15) is 23.5 Å². The zero-order valence-corrected chi connectivity index (χ0v) is 11.5. The molecule has 0 spiro atoms. The van der Waals surface area contributed by atoms with Crippen LogP contribution in [0.3, 0.4) is 0 Å². The second-order valence-corrected chi connectivity index (χ2v) is 6.61. The van der Waals surface area contributed by atoms with Crippen LogP contribution in [0.25, 0.3) is 0 Å². The Morgan fingerprint density at radius 2 is 2.33 bits per heavy atom. The maximum absolute atomic E-state index is 11.9. The van der Waals surface area contributed by atoms with E-state index in [0.717, 1.165) is 11.5 Å². The molecule has 1 aliphatic heterocycles. The molecular formula is C12H16N2O2S2. The molecule has 0 bridgehead atoms. The third-order valence-electron chi connectivity index (χ3n) is 2.67. The van der Waals surface area contributed by atoms with Gasteiger partial charge in [0.1, 0.15) is 5.75 Å². The van der Waals surface area contributed by atoms with Crippen LogP contribution >= 0.6 is 23.5 Å². The fourth-order valence-electron chi connectivity index (χ4n) is 1.65. The predicted octanol–water partition coefficient (Wildman–Crippen LogP) is 1.55. The molecule has 4 nitrogen and oxygen atoms in total. The van der Waals surface area contributed by atoms with Crippen molar-refractivity contribution in [1.29, 1.82) is 0 Å². The lowest BCUT2D eigenvalue weighted by atomic mass is 10.2. The van der Waals surface area contributed by atoms with Gasteiger partial charge in [-0.3, -0.25) is 4.79 Å². The van der Waals surface area contributed by atoms with Crippen molar-refractivity contribution >= 4 is 35.1 Å². The van der Waals surface area contributed by atoms with Gasteiger partial charge in [0.05, 0.1) is 5.69 Å². The summed E-state index contributed by atoms with van der Waals surface area (Å²) in [5.41, 5.74) is 6.22. The molecule has 6 heteroatoms. The van der Waals surface area contributed by atoms with Crippen LogP contribution in [0.15, 0.2) is 18.2 Å². The summed E-state index contributed by atoms with van der Waals surface area (Å²) in [6.45, 7) is 0.668. The first-order chi connectivity index (χ1) is 8.66. The molecule has 2 rings (SSSR count). The highest BCUT2D eigenvalue weighted by molar-refractivity contribution is 8.06. The van der Waals surface area contributed by atoms with Gasteiger partial charge in [-0.05, 0) is 18.2 Å². The molecule has 1 atom stereocenters. The minimum atomic E-state index is -0.165. The fraction of sp³-hybridized carbons (Fsp3) is 0.417. The molecule has 1 unspecified atom stereocenters. The van der Waals surface area contributed by atoms with Crippen molar-refractivity contribution in [2.75, 3.05) is 29.5 Å². The van der Waals surface area contributed by atoms with E-state index in [1.54, 1.807) is 6.07 Å². The zero-order chi connectivity index (χ0) is 13.0. The normalized spacial score (nSPS) is 19.4. The van der Waals surface area contributed by atoms with Crippen LogP contribution in [0.1, 0.15) is 10.4 Å². The zero-order valence-electron chi connectivity index (χ0n) is 9.89. The molecule has 1 aromatic rings. The standard InChI is InChI=1S/C12H16N2O2S2/c13-10-2-1-8(5-11(10)15)12(16)14-6-9-7-17-3-4-18-9/h1-2,5,9,15H,3-4,6-7,13H2,(H,14,16). The Bertz CT molecular complexity index is 434. The SMILES string of the molecule is Nc1ccc(C(=O)NCC2CSCCS2)cc1O. The van der Waals surface area contributed by atoms with Crippen LogP contribution in [0.2, 0.25) is 0 Å². The average Bonchev–Trinajstić information content (AvgIpc) is 2.40. The first-order valence-corrected chi connectivity index (χ1v) is 7.93. The van der Waals surface area contributed by atoms with Crippen LogP contribution in [-0.2, 0) is 0 Å². The Morgan fingerprint density at radius 3 is 3.00 bits per heavy atom. The van der Waals surface area contributed by atoms with Gasteiger partial charge in [0.25, 0.3) is 5.91 Å². The molecule has 0 aliphatic carbocycles. The van der Waals surface area contributed by atoms with E-state index in [2.05, 4.69) is 5.32 Å². The van der Waals surface area contributed by atoms with E-state index >= 15 is 0 Å². The van der Waals surface area contributed by atoms with Gasteiger partial charge in [0, 0.05) is 34.6 Å². The van der Waals surface area contributed by atoms with Crippen molar-refractivity contribution in [3.8, 4) is 5.75 Å². The van der Waals surface area contributed by atoms with Crippen molar-refractivity contribution in [2.45, 2.75) is 5.25 Å². The summed E-state index contributed by atoms with van der Waals surface area (Å²) in [6.07, 6.45) is 0. The Balaban J connectivity index is 1.88. The number of anilines is 1. The van der Waals surface area contributed by atoms with Crippen LogP contribution in [0.4, 0.5) is 5.69 Å². The highest BCUT2D eigenvalue weighted by atomic mass is 32.2. The lowest BCUT2D eigenvalue weighted by molar-refractivity contribution is 0.0954. The smallest absolute Gasteiger partial charge is 0.251 e. The summed E-state index contributed by atoms with van der Waals surface area (Å²) in [7, 11) is 0. The molecule has 18 heavy (non-hydrogen) atoms. The van der Waals surface area contributed by atoms with Gasteiger partial charge in [-0.1, -0.05) is 0 Å². The number of hydrogen-bond acceptors (Lipinski definition) is 5. The number of benzene rings is 1. The van der Waals surface area contributed by atoms with Crippen molar-refractivity contribution in [3.63, 3.8) is 0 Å². The van der Waals surface area contributed by atoms with Crippen molar-refractivity contribution in [2.24, 2.45) is 0 Å². The highest BCUT2D eigenvalue weighted by Crippen LogP contribution is 2.24. The summed E-state index contributed by atoms with van der Waals surface area (Å²) < 4.78 is 0. The molecule has 1 saturated heterocycles. The molecule has 1 amide bonds. The van der Waals surface area contributed by atoms with Crippen molar-refractivity contribution in [1.82, 2.24) is 5.32 Å². The van der Waals surface area contributed by atoms with Gasteiger partial charge in [0.15, 0.2) is 0 Å². The van der Waals surface area contributed by atoms with Gasteiger partial charge >= 0.3 is 0 Å². The second-order valence-electron chi connectivity index (χ2n) is 4.05. The van der Waals surface area contributed by atoms with Crippen LogP contribution in [0, 0.1) is 0 Å². The Morgan fingerprint density at radius 1 is 1.50 bits per heavy atom. The number of phenolic OH excluding ortho intramolecular Hbond substituents is 1. The van der Waals surface area contributed by atoms with Crippen LogP contribution < -0.4 is 11.1 Å². The average molecular weight is 284 g/mol. The summed E-state index contributed by atoms with van der Waals surface area (Å²) >= 11 is 3.83. The number of nitrogens with one attached hydrogen (secondary N) is 1. The summed E-state index contributed by atoms with van der Waals surface area (Å²) in [5, 5.41) is 12.8. The van der Waals surface area contributed by atoms with E-state index in [0.29, 0.717) is 17.4 Å². The van der Waals surface area contributed by atoms with E-state index in [4.69, 9.17) is 5.73 Å². The largest absolute Gasteiger partial charge is 0.506 e. The number of carbonyl (C=O) groups is 1. The molecule has 1 aromatic carbocycles. The maximum atomic E-state index is 11.9. The van der Waals surface area contributed by atoms with Crippen LogP contribution in [-0.4, -0.2) is 40.1 Å². The quantitative estimate of drug-likeness (QED) is 0.580. The number of amides is 1. The van der Waals surface area contributed by atoms with E-state index in [1.807, 2.05) is 23.5 Å².